The average Bonchev–Trinajstić information content (AvgIpc) is 2.50. The minimum atomic E-state index is -0.0380. The van der Waals surface area contributed by atoms with Crippen LogP contribution in [0.1, 0.15) is 6.92 Å². The lowest BCUT2D eigenvalue weighted by molar-refractivity contribution is -0.127. The van der Waals surface area contributed by atoms with Crippen molar-refractivity contribution in [2.24, 2.45) is 4.99 Å². The van der Waals surface area contributed by atoms with Crippen molar-refractivity contribution in [3.63, 3.8) is 0 Å². The number of guanidine groups is 1. The van der Waals surface area contributed by atoms with Crippen LogP contribution in [0.2, 0.25) is 5.02 Å². The van der Waals surface area contributed by atoms with Crippen LogP contribution in [0.5, 0.6) is 5.75 Å². The summed E-state index contributed by atoms with van der Waals surface area (Å²) in [6.07, 6.45) is 0. The lowest BCUT2D eigenvalue weighted by Gasteiger charge is -2.22. The van der Waals surface area contributed by atoms with Crippen LogP contribution in [0.4, 0.5) is 0 Å². The predicted octanol–water partition coefficient (Wildman–Crippen LogP) is 2.32. The molecule has 0 saturated heterocycles. The molecule has 0 aliphatic carbocycles. The van der Waals surface area contributed by atoms with E-state index in [1.165, 1.54) is 4.90 Å². The average molecular weight is 469 g/mol. The molecule has 0 heterocycles. The van der Waals surface area contributed by atoms with Crippen molar-refractivity contribution in [3.05, 3.63) is 29.3 Å². The zero-order valence-corrected chi connectivity index (χ0v) is 17.7. The van der Waals surface area contributed by atoms with Crippen LogP contribution in [-0.4, -0.2) is 69.1 Å². The van der Waals surface area contributed by atoms with Gasteiger partial charge in [0, 0.05) is 32.7 Å². The Kier molecular flexibility index (Phi) is 11.6. The molecule has 0 radical (unpaired) electrons. The van der Waals surface area contributed by atoms with Crippen LogP contribution in [-0.2, 0) is 4.79 Å². The molecule has 1 aromatic carbocycles. The van der Waals surface area contributed by atoms with Gasteiger partial charge in [-0.1, -0.05) is 17.7 Å². The van der Waals surface area contributed by atoms with Crippen molar-refractivity contribution >= 4 is 47.4 Å². The number of likely N-dealkylation sites (N-methyl/N-ethyl adjacent to an activating group) is 2. The van der Waals surface area contributed by atoms with Gasteiger partial charge in [-0.25, -0.2) is 4.99 Å². The van der Waals surface area contributed by atoms with Gasteiger partial charge in [-0.05, 0) is 25.1 Å². The highest BCUT2D eigenvalue weighted by Crippen LogP contribution is 2.16. The predicted molar refractivity (Wildman–Crippen MR) is 110 cm³/mol. The third kappa shape index (κ3) is 8.58. The normalized spacial score (nSPS) is 10.6. The molecule has 1 N–H and O–H groups in total. The van der Waals surface area contributed by atoms with Crippen LogP contribution in [0.25, 0.3) is 0 Å². The van der Waals surface area contributed by atoms with Gasteiger partial charge in [0.2, 0.25) is 5.91 Å². The van der Waals surface area contributed by atoms with E-state index in [1.807, 2.05) is 31.0 Å². The smallest absolute Gasteiger partial charge is 0.243 e. The summed E-state index contributed by atoms with van der Waals surface area (Å²) in [6, 6.07) is 7.29. The van der Waals surface area contributed by atoms with Crippen LogP contribution in [0.3, 0.4) is 0 Å². The SMILES string of the molecule is CCNC(=NCC(=O)N(C)C)N(C)CCOc1cccc(Cl)c1.I. The standard InChI is InChI=1S/C16H25ClN4O2.HI/c1-5-18-16(19-12-15(22)20(2)3)21(4)9-10-23-14-8-6-7-13(17)11-14;/h6-8,11H,5,9-10,12H2,1-4H3,(H,18,19);1H. The first-order chi connectivity index (χ1) is 10.9. The molecule has 0 aliphatic heterocycles. The van der Waals surface area contributed by atoms with E-state index in [9.17, 15) is 4.79 Å². The molecular weight excluding hydrogens is 443 g/mol. The third-order valence-corrected chi connectivity index (χ3v) is 3.29. The van der Waals surface area contributed by atoms with Crippen molar-refractivity contribution in [2.45, 2.75) is 6.92 Å². The molecule has 0 unspecified atom stereocenters. The lowest BCUT2D eigenvalue weighted by Crippen LogP contribution is -2.41. The molecule has 136 valence electrons. The molecule has 0 spiro atoms. The molecule has 1 rings (SSSR count). The van der Waals surface area contributed by atoms with Crippen molar-refractivity contribution in [1.29, 1.82) is 0 Å². The topological polar surface area (TPSA) is 57.2 Å². The molecule has 1 aromatic rings. The fourth-order valence-electron chi connectivity index (χ4n) is 1.72. The Bertz CT molecular complexity index is 541. The van der Waals surface area contributed by atoms with E-state index in [0.29, 0.717) is 24.1 Å². The summed E-state index contributed by atoms with van der Waals surface area (Å²) in [7, 11) is 5.34. The van der Waals surface area contributed by atoms with Gasteiger partial charge in [-0.3, -0.25) is 4.79 Å². The van der Waals surface area contributed by atoms with Gasteiger partial charge in [0.15, 0.2) is 5.96 Å². The Labute approximate surface area is 166 Å². The fraction of sp³-hybridized carbons (Fsp3) is 0.500. The maximum Gasteiger partial charge on any atom is 0.243 e. The maximum atomic E-state index is 11.6. The van der Waals surface area contributed by atoms with E-state index in [4.69, 9.17) is 16.3 Å². The summed E-state index contributed by atoms with van der Waals surface area (Å²) in [4.78, 5) is 19.4. The molecule has 0 aliphatic rings. The molecule has 0 atom stereocenters. The summed E-state index contributed by atoms with van der Waals surface area (Å²) >= 11 is 5.92. The highest BCUT2D eigenvalue weighted by Gasteiger charge is 2.08. The van der Waals surface area contributed by atoms with Gasteiger partial charge in [-0.2, -0.15) is 0 Å². The van der Waals surface area contributed by atoms with Gasteiger partial charge >= 0.3 is 0 Å². The van der Waals surface area contributed by atoms with Crippen LogP contribution in [0.15, 0.2) is 29.3 Å². The van der Waals surface area contributed by atoms with Gasteiger partial charge in [0.25, 0.3) is 0 Å². The summed E-state index contributed by atoms with van der Waals surface area (Å²) < 4.78 is 5.67. The third-order valence-electron chi connectivity index (χ3n) is 3.05. The summed E-state index contributed by atoms with van der Waals surface area (Å²) in [6.45, 7) is 3.96. The first-order valence-corrected chi connectivity index (χ1v) is 7.89. The highest BCUT2D eigenvalue weighted by atomic mass is 127. The summed E-state index contributed by atoms with van der Waals surface area (Å²) in [5, 5.41) is 3.81. The van der Waals surface area contributed by atoms with Gasteiger partial charge in [0.1, 0.15) is 18.9 Å². The van der Waals surface area contributed by atoms with Gasteiger partial charge in [-0.15, -0.1) is 24.0 Å². The summed E-state index contributed by atoms with van der Waals surface area (Å²) in [5.74, 6) is 1.37. The first-order valence-electron chi connectivity index (χ1n) is 7.52. The van der Waals surface area contributed by atoms with E-state index < -0.39 is 0 Å². The van der Waals surface area contributed by atoms with Gasteiger partial charge < -0.3 is 19.9 Å². The van der Waals surface area contributed by atoms with E-state index >= 15 is 0 Å². The molecule has 24 heavy (non-hydrogen) atoms. The van der Waals surface area contributed by atoms with Crippen molar-refractivity contribution in [1.82, 2.24) is 15.1 Å². The molecule has 8 heteroatoms. The second-order valence-corrected chi connectivity index (χ2v) is 5.62. The Hall–Kier alpha value is -1.22. The number of carbonyl (C=O) groups is 1. The number of halogens is 2. The van der Waals surface area contributed by atoms with E-state index in [-0.39, 0.29) is 36.4 Å². The Morgan fingerprint density at radius 3 is 2.62 bits per heavy atom. The van der Waals surface area contributed by atoms with Crippen molar-refractivity contribution in [3.8, 4) is 5.75 Å². The van der Waals surface area contributed by atoms with E-state index in [1.54, 1.807) is 26.2 Å². The number of aliphatic imine (C=N–C) groups is 1. The van der Waals surface area contributed by atoms with Gasteiger partial charge in [0.05, 0.1) is 6.54 Å². The van der Waals surface area contributed by atoms with Crippen molar-refractivity contribution in [2.75, 3.05) is 47.4 Å². The number of rotatable bonds is 7. The summed E-state index contributed by atoms with van der Waals surface area (Å²) in [5.41, 5.74) is 0. The number of hydrogen-bond acceptors (Lipinski definition) is 3. The largest absolute Gasteiger partial charge is 0.492 e. The minimum Gasteiger partial charge on any atom is -0.492 e. The number of amides is 1. The van der Waals surface area contributed by atoms with E-state index in [2.05, 4.69) is 10.3 Å². The van der Waals surface area contributed by atoms with Crippen LogP contribution >= 0.6 is 35.6 Å². The molecule has 0 saturated carbocycles. The zero-order valence-electron chi connectivity index (χ0n) is 14.6. The van der Waals surface area contributed by atoms with E-state index in [0.717, 1.165) is 12.3 Å². The Balaban J connectivity index is 0.00000529. The van der Waals surface area contributed by atoms with Crippen molar-refractivity contribution < 1.29 is 9.53 Å². The second-order valence-electron chi connectivity index (χ2n) is 5.19. The highest BCUT2D eigenvalue weighted by molar-refractivity contribution is 14.0. The molecule has 0 bridgehead atoms. The molecule has 0 fully saturated rings. The second kappa shape index (κ2) is 12.2. The number of carbonyl (C=O) groups excluding carboxylic acids is 1. The molecule has 6 nitrogen and oxygen atoms in total. The first kappa shape index (κ1) is 22.8. The lowest BCUT2D eigenvalue weighted by atomic mass is 10.3. The number of benzene rings is 1. The molecular formula is C16H26ClIN4O2. The fourth-order valence-corrected chi connectivity index (χ4v) is 1.90. The number of ether oxygens (including phenoxy) is 1. The van der Waals surface area contributed by atoms with Crippen LogP contribution < -0.4 is 10.1 Å². The molecule has 0 aromatic heterocycles. The number of hydrogen-bond donors (Lipinski definition) is 1. The number of nitrogens with zero attached hydrogens (tertiary/aromatic N) is 3. The monoisotopic (exact) mass is 468 g/mol. The molecule has 1 amide bonds. The maximum absolute atomic E-state index is 11.6. The minimum absolute atomic E-state index is 0. The Morgan fingerprint density at radius 1 is 1.33 bits per heavy atom. The quantitative estimate of drug-likeness (QED) is 0.379. The van der Waals surface area contributed by atoms with Crippen LogP contribution in [0, 0.1) is 0 Å². The number of nitrogens with one attached hydrogen (secondary N) is 1. The zero-order chi connectivity index (χ0) is 17.2. The Morgan fingerprint density at radius 2 is 2.04 bits per heavy atom.